The second-order valence-electron chi connectivity index (χ2n) is 7.70. The van der Waals surface area contributed by atoms with E-state index in [-0.39, 0.29) is 11.9 Å². The molecule has 1 saturated carbocycles. The Kier molecular flexibility index (Phi) is 5.12. The molecule has 1 amide bonds. The average molecular weight is 354 g/mol. The number of carbonyl (C=O) groups is 1. The van der Waals surface area contributed by atoms with Gasteiger partial charge in [-0.2, -0.15) is 0 Å². The molecule has 2 aromatic rings. The molecule has 1 unspecified atom stereocenters. The fourth-order valence-corrected chi connectivity index (χ4v) is 3.99. The first-order valence-corrected chi connectivity index (χ1v) is 9.51. The van der Waals surface area contributed by atoms with Crippen molar-refractivity contribution in [3.8, 4) is 5.75 Å². The molecule has 0 saturated heterocycles. The van der Waals surface area contributed by atoms with Gasteiger partial charge in [0.1, 0.15) is 5.75 Å². The number of ether oxygens (including phenoxy) is 1. The summed E-state index contributed by atoms with van der Waals surface area (Å²) in [5.41, 5.74) is 3.92. The maximum atomic E-state index is 13.6. The van der Waals surface area contributed by atoms with Crippen molar-refractivity contribution >= 4 is 11.6 Å². The summed E-state index contributed by atoms with van der Waals surface area (Å²) in [6.45, 7) is 10.6. The van der Waals surface area contributed by atoms with Crippen LogP contribution < -0.4 is 9.64 Å². The quantitative estimate of drug-likeness (QED) is 0.720. The summed E-state index contributed by atoms with van der Waals surface area (Å²) in [4.78, 5) is 15.5. The Hall–Kier alpha value is -2.23. The molecule has 3 rings (SSSR count). The smallest absolute Gasteiger partial charge is 0.260 e. The van der Waals surface area contributed by atoms with Crippen LogP contribution >= 0.6 is 0 Å². The van der Waals surface area contributed by atoms with Crippen LogP contribution in [-0.2, 0) is 0 Å². The van der Waals surface area contributed by atoms with Crippen molar-refractivity contribution in [2.24, 2.45) is 5.92 Å². The highest BCUT2D eigenvalue weighted by molar-refractivity contribution is 6.07. The van der Waals surface area contributed by atoms with E-state index in [1.165, 1.54) is 12.8 Å². The molecule has 1 aromatic carbocycles. The van der Waals surface area contributed by atoms with Crippen LogP contribution in [0.5, 0.6) is 5.75 Å². The molecular weight excluding hydrogens is 324 g/mol. The predicted molar refractivity (Wildman–Crippen MR) is 106 cm³/mol. The SMILES string of the molecule is COc1ccc(N(C(=O)c2cc(C)n(C(C)C)c2C)C(C)C2CC2)cc1. The highest BCUT2D eigenvalue weighted by Gasteiger charge is 2.36. The minimum atomic E-state index is 0.0922. The van der Waals surface area contributed by atoms with Crippen molar-refractivity contribution in [1.29, 1.82) is 0 Å². The highest BCUT2D eigenvalue weighted by atomic mass is 16.5. The first-order chi connectivity index (χ1) is 12.3. The van der Waals surface area contributed by atoms with Gasteiger partial charge in [-0.05, 0) is 83.7 Å². The third-order valence-corrected chi connectivity index (χ3v) is 5.51. The van der Waals surface area contributed by atoms with E-state index in [1.807, 2.05) is 42.2 Å². The zero-order chi connectivity index (χ0) is 19.0. The van der Waals surface area contributed by atoms with E-state index < -0.39 is 0 Å². The molecule has 0 radical (unpaired) electrons. The van der Waals surface area contributed by atoms with Crippen molar-refractivity contribution in [2.75, 3.05) is 12.0 Å². The lowest BCUT2D eigenvalue weighted by Crippen LogP contribution is -2.40. The van der Waals surface area contributed by atoms with E-state index in [2.05, 4.69) is 32.3 Å². The molecule has 1 atom stereocenters. The van der Waals surface area contributed by atoms with E-state index in [0.29, 0.717) is 12.0 Å². The molecule has 4 nitrogen and oxygen atoms in total. The first kappa shape index (κ1) is 18.6. The van der Waals surface area contributed by atoms with Crippen LogP contribution in [-0.4, -0.2) is 23.6 Å². The standard InChI is InChI=1S/C22H30N2O2/c1-14(2)23-15(3)13-21(17(23)5)22(25)24(16(4)18-7-8-18)19-9-11-20(26-6)12-10-19/h9-14,16,18H,7-8H2,1-6H3. The second-order valence-corrected chi connectivity index (χ2v) is 7.70. The number of methoxy groups -OCH3 is 1. The Labute approximate surface area is 156 Å². The molecule has 0 N–H and O–H groups in total. The molecule has 0 bridgehead atoms. The molecule has 1 aliphatic carbocycles. The Morgan fingerprint density at radius 3 is 2.23 bits per heavy atom. The number of hydrogen-bond donors (Lipinski definition) is 0. The molecule has 1 aliphatic rings. The lowest BCUT2D eigenvalue weighted by atomic mass is 10.1. The number of nitrogens with zero attached hydrogens (tertiary/aromatic N) is 2. The molecular formula is C22H30N2O2. The topological polar surface area (TPSA) is 34.5 Å². The summed E-state index contributed by atoms with van der Waals surface area (Å²) < 4.78 is 7.51. The summed E-state index contributed by atoms with van der Waals surface area (Å²) in [7, 11) is 1.66. The van der Waals surface area contributed by atoms with Gasteiger partial charge in [-0.25, -0.2) is 0 Å². The van der Waals surface area contributed by atoms with Gasteiger partial charge < -0.3 is 14.2 Å². The minimum Gasteiger partial charge on any atom is -0.497 e. The van der Waals surface area contributed by atoms with Crippen molar-refractivity contribution in [3.05, 3.63) is 47.3 Å². The van der Waals surface area contributed by atoms with Crippen LogP contribution in [0.4, 0.5) is 5.69 Å². The third kappa shape index (κ3) is 3.37. The van der Waals surface area contributed by atoms with Crippen LogP contribution in [0.2, 0.25) is 0 Å². The highest BCUT2D eigenvalue weighted by Crippen LogP contribution is 2.38. The first-order valence-electron chi connectivity index (χ1n) is 9.51. The second kappa shape index (κ2) is 7.18. The van der Waals surface area contributed by atoms with Crippen LogP contribution in [0.25, 0.3) is 0 Å². The van der Waals surface area contributed by atoms with Gasteiger partial charge in [-0.1, -0.05) is 0 Å². The normalized spacial score (nSPS) is 15.2. The molecule has 1 aromatic heterocycles. The minimum absolute atomic E-state index is 0.0922. The lowest BCUT2D eigenvalue weighted by molar-refractivity contribution is 0.0975. The fraction of sp³-hybridized carbons (Fsp3) is 0.500. The third-order valence-electron chi connectivity index (χ3n) is 5.51. The number of aryl methyl sites for hydroxylation is 1. The van der Waals surface area contributed by atoms with Gasteiger partial charge in [-0.15, -0.1) is 0 Å². The molecule has 4 heteroatoms. The molecule has 1 fully saturated rings. The molecule has 0 aliphatic heterocycles. The fourth-order valence-electron chi connectivity index (χ4n) is 3.99. The van der Waals surface area contributed by atoms with Gasteiger partial charge in [0.25, 0.3) is 5.91 Å². The van der Waals surface area contributed by atoms with Gasteiger partial charge >= 0.3 is 0 Å². The van der Waals surface area contributed by atoms with Crippen LogP contribution in [0.15, 0.2) is 30.3 Å². The number of anilines is 1. The number of hydrogen-bond acceptors (Lipinski definition) is 2. The average Bonchev–Trinajstić information content (AvgIpc) is 3.40. The van der Waals surface area contributed by atoms with E-state index in [4.69, 9.17) is 4.74 Å². The van der Waals surface area contributed by atoms with Crippen molar-refractivity contribution < 1.29 is 9.53 Å². The molecule has 26 heavy (non-hydrogen) atoms. The summed E-state index contributed by atoms with van der Waals surface area (Å²) >= 11 is 0. The predicted octanol–water partition coefficient (Wildman–Crippen LogP) is 5.14. The van der Waals surface area contributed by atoms with Crippen LogP contribution in [0.3, 0.4) is 0 Å². The summed E-state index contributed by atoms with van der Waals surface area (Å²) in [5.74, 6) is 1.49. The van der Waals surface area contributed by atoms with Gasteiger partial charge in [0.2, 0.25) is 0 Å². The van der Waals surface area contributed by atoms with Gasteiger partial charge in [0, 0.05) is 29.2 Å². The van der Waals surface area contributed by atoms with Crippen molar-refractivity contribution in [2.45, 2.75) is 59.5 Å². The maximum Gasteiger partial charge on any atom is 0.260 e. The summed E-state index contributed by atoms with van der Waals surface area (Å²) in [5, 5.41) is 0. The summed E-state index contributed by atoms with van der Waals surface area (Å²) in [6, 6.07) is 10.4. The van der Waals surface area contributed by atoms with Gasteiger partial charge in [-0.3, -0.25) is 4.79 Å². The number of rotatable bonds is 6. The molecule has 140 valence electrons. The zero-order valence-corrected chi connectivity index (χ0v) is 16.7. The lowest BCUT2D eigenvalue weighted by Gasteiger charge is -2.30. The van der Waals surface area contributed by atoms with Crippen molar-refractivity contribution in [3.63, 3.8) is 0 Å². The summed E-state index contributed by atoms with van der Waals surface area (Å²) in [6.07, 6.45) is 2.40. The van der Waals surface area contributed by atoms with E-state index in [0.717, 1.165) is 28.4 Å². The van der Waals surface area contributed by atoms with E-state index >= 15 is 0 Å². The van der Waals surface area contributed by atoms with E-state index in [9.17, 15) is 4.79 Å². The van der Waals surface area contributed by atoms with Gasteiger partial charge in [0.15, 0.2) is 0 Å². The number of aromatic nitrogens is 1. The Morgan fingerprint density at radius 2 is 1.77 bits per heavy atom. The molecule has 1 heterocycles. The largest absolute Gasteiger partial charge is 0.497 e. The maximum absolute atomic E-state index is 13.6. The Bertz CT molecular complexity index is 785. The zero-order valence-electron chi connectivity index (χ0n) is 16.7. The van der Waals surface area contributed by atoms with Gasteiger partial charge in [0.05, 0.1) is 12.7 Å². The Morgan fingerprint density at radius 1 is 1.15 bits per heavy atom. The van der Waals surface area contributed by atoms with Crippen LogP contribution in [0.1, 0.15) is 61.4 Å². The molecule has 0 spiro atoms. The van der Waals surface area contributed by atoms with Crippen molar-refractivity contribution in [1.82, 2.24) is 4.57 Å². The van der Waals surface area contributed by atoms with Crippen LogP contribution in [0, 0.1) is 19.8 Å². The monoisotopic (exact) mass is 354 g/mol. The Balaban J connectivity index is 2.01. The number of benzene rings is 1. The number of amides is 1. The number of carbonyl (C=O) groups excluding carboxylic acids is 1. The van der Waals surface area contributed by atoms with E-state index in [1.54, 1.807) is 7.11 Å².